The molecule has 0 aliphatic carbocycles. The Morgan fingerprint density at radius 3 is 2.49 bits per heavy atom. The van der Waals surface area contributed by atoms with Crippen molar-refractivity contribution < 1.29 is 23.2 Å². The standard InChI is InChI=1S/C37H35N3O7/c1-22-15-31(41)36-35(46-22)28(34(47-36)25-11-13-27(45-2)14-12-25)18-32(42)38-29(17-23-7-4-3-5-8-23)37(44)39-19-24-16-26(21-39)30-9-6-10-33(43)40(30)20-24/h3-15,24,26,29H,16-21H2,1-2H3,(H,38,42)/t24-,26+,29+/m1/s1. The van der Waals surface area contributed by atoms with E-state index in [0.29, 0.717) is 54.5 Å². The van der Waals surface area contributed by atoms with Crippen molar-refractivity contribution in [2.24, 2.45) is 5.92 Å². The number of fused-ring (bicyclic) bond motifs is 5. The van der Waals surface area contributed by atoms with Gasteiger partial charge in [-0.2, -0.15) is 0 Å². The second-order valence-corrected chi connectivity index (χ2v) is 12.4. The molecule has 240 valence electrons. The molecule has 1 N–H and O–H groups in total. The van der Waals surface area contributed by atoms with Gasteiger partial charge in [0.05, 0.1) is 19.1 Å². The first-order valence-corrected chi connectivity index (χ1v) is 15.8. The monoisotopic (exact) mass is 633 g/mol. The first-order valence-electron chi connectivity index (χ1n) is 15.8. The number of piperidine rings is 1. The van der Waals surface area contributed by atoms with Crippen LogP contribution < -0.4 is 21.0 Å². The topological polar surface area (TPSA) is 124 Å². The summed E-state index contributed by atoms with van der Waals surface area (Å²) in [5, 5.41) is 3.02. The minimum absolute atomic E-state index is 0.0157. The molecule has 0 unspecified atom stereocenters. The van der Waals surface area contributed by atoms with Crippen LogP contribution in [0.3, 0.4) is 0 Å². The maximum atomic E-state index is 14.3. The third-order valence-corrected chi connectivity index (χ3v) is 9.18. The molecular formula is C37H35N3O7. The Hall–Kier alpha value is -5.38. The van der Waals surface area contributed by atoms with E-state index in [-0.39, 0.29) is 46.3 Å². The number of carbonyl (C=O) groups excluding carboxylic acids is 2. The Morgan fingerprint density at radius 1 is 0.936 bits per heavy atom. The van der Waals surface area contributed by atoms with Crippen molar-refractivity contribution in [2.75, 3.05) is 20.2 Å². The quantitative estimate of drug-likeness (QED) is 0.268. The first-order chi connectivity index (χ1) is 22.8. The van der Waals surface area contributed by atoms with E-state index in [2.05, 4.69) is 5.32 Å². The maximum absolute atomic E-state index is 14.3. The van der Waals surface area contributed by atoms with Gasteiger partial charge in [0, 0.05) is 55.4 Å². The normalized spacial score (nSPS) is 17.6. The molecule has 3 atom stereocenters. The molecule has 5 aromatic rings. The third kappa shape index (κ3) is 5.98. The summed E-state index contributed by atoms with van der Waals surface area (Å²) in [6, 6.07) is 22.5. The summed E-state index contributed by atoms with van der Waals surface area (Å²) in [5.74, 6) is 0.996. The fourth-order valence-electron chi connectivity index (χ4n) is 7.05. The van der Waals surface area contributed by atoms with E-state index in [1.807, 2.05) is 45.9 Å². The zero-order valence-electron chi connectivity index (χ0n) is 26.2. The van der Waals surface area contributed by atoms with E-state index >= 15 is 0 Å². The number of nitrogens with zero attached hydrogens (tertiary/aromatic N) is 2. The van der Waals surface area contributed by atoms with E-state index in [0.717, 1.165) is 17.7 Å². The van der Waals surface area contributed by atoms with Crippen molar-refractivity contribution in [2.45, 2.75) is 44.7 Å². The van der Waals surface area contributed by atoms with Crippen LogP contribution in [0.5, 0.6) is 5.75 Å². The molecular weight excluding hydrogens is 598 g/mol. The van der Waals surface area contributed by atoms with Crippen molar-refractivity contribution >= 4 is 23.0 Å². The predicted octanol–water partition coefficient (Wildman–Crippen LogP) is 4.45. The van der Waals surface area contributed by atoms with Gasteiger partial charge < -0.3 is 28.4 Å². The summed E-state index contributed by atoms with van der Waals surface area (Å²) in [4.78, 5) is 55.4. The highest BCUT2D eigenvalue weighted by Crippen LogP contribution is 2.36. The molecule has 2 aliphatic heterocycles. The summed E-state index contributed by atoms with van der Waals surface area (Å²) in [7, 11) is 1.57. The van der Waals surface area contributed by atoms with Gasteiger partial charge in [0.1, 0.15) is 23.3 Å². The van der Waals surface area contributed by atoms with E-state index in [4.69, 9.17) is 13.6 Å². The number of methoxy groups -OCH3 is 1. The lowest BCUT2D eigenvalue weighted by molar-refractivity contribution is -0.138. The van der Waals surface area contributed by atoms with Crippen LogP contribution in [0.4, 0.5) is 0 Å². The Balaban J connectivity index is 1.19. The number of hydrogen-bond donors (Lipinski definition) is 1. The molecule has 0 radical (unpaired) electrons. The second-order valence-electron chi connectivity index (χ2n) is 12.4. The lowest BCUT2D eigenvalue weighted by Crippen LogP contribution is -2.55. The van der Waals surface area contributed by atoms with Crippen LogP contribution in [-0.4, -0.2) is 47.5 Å². The summed E-state index contributed by atoms with van der Waals surface area (Å²) in [6.45, 7) is 3.22. The van der Waals surface area contributed by atoms with Crippen molar-refractivity contribution in [1.82, 2.24) is 14.8 Å². The van der Waals surface area contributed by atoms with Crippen LogP contribution >= 0.6 is 0 Å². The molecule has 3 aromatic heterocycles. The summed E-state index contributed by atoms with van der Waals surface area (Å²) >= 11 is 0. The number of rotatable bonds is 8. The van der Waals surface area contributed by atoms with Gasteiger partial charge in [0.15, 0.2) is 5.58 Å². The van der Waals surface area contributed by atoms with Crippen molar-refractivity contribution in [3.63, 3.8) is 0 Å². The highest BCUT2D eigenvalue weighted by molar-refractivity contribution is 5.93. The van der Waals surface area contributed by atoms with Gasteiger partial charge in [-0.15, -0.1) is 0 Å². The second kappa shape index (κ2) is 12.4. The molecule has 0 spiro atoms. The molecule has 10 heteroatoms. The molecule has 2 amide bonds. The Morgan fingerprint density at radius 2 is 1.72 bits per heavy atom. The lowest BCUT2D eigenvalue weighted by atomic mass is 9.83. The number of carbonyl (C=O) groups is 2. The number of pyridine rings is 1. The van der Waals surface area contributed by atoms with Crippen LogP contribution in [0.1, 0.15) is 34.9 Å². The molecule has 1 saturated heterocycles. The molecule has 10 nitrogen and oxygen atoms in total. The molecule has 1 fully saturated rings. The van der Waals surface area contributed by atoms with Crippen molar-refractivity contribution in [1.29, 1.82) is 0 Å². The van der Waals surface area contributed by atoms with Crippen LogP contribution in [0, 0.1) is 12.8 Å². The van der Waals surface area contributed by atoms with Crippen molar-refractivity contribution in [3.05, 3.63) is 122 Å². The maximum Gasteiger partial charge on any atom is 0.250 e. The Kier molecular flexibility index (Phi) is 8.01. The molecule has 2 aliphatic rings. The fraction of sp³-hybridized carbons (Fsp3) is 0.297. The third-order valence-electron chi connectivity index (χ3n) is 9.18. The van der Waals surface area contributed by atoms with Gasteiger partial charge in [-0.1, -0.05) is 36.4 Å². The van der Waals surface area contributed by atoms with E-state index in [1.54, 1.807) is 50.4 Å². The van der Waals surface area contributed by atoms with E-state index in [1.165, 1.54) is 6.07 Å². The fourth-order valence-corrected chi connectivity index (χ4v) is 7.05. The largest absolute Gasteiger partial charge is 0.497 e. The van der Waals surface area contributed by atoms with Gasteiger partial charge in [0.25, 0.3) is 5.56 Å². The van der Waals surface area contributed by atoms with Crippen LogP contribution in [0.2, 0.25) is 0 Å². The molecule has 2 bridgehead atoms. The number of furan rings is 1. The van der Waals surface area contributed by atoms with Gasteiger partial charge >= 0.3 is 0 Å². The molecule has 0 saturated carbocycles. The minimum Gasteiger partial charge on any atom is -0.497 e. The smallest absolute Gasteiger partial charge is 0.250 e. The first kappa shape index (κ1) is 30.3. The predicted molar refractivity (Wildman–Crippen MR) is 175 cm³/mol. The zero-order chi connectivity index (χ0) is 32.7. The number of likely N-dealkylation sites (tertiary alicyclic amines) is 1. The molecule has 47 heavy (non-hydrogen) atoms. The number of nitrogens with one attached hydrogen (secondary N) is 1. The average Bonchev–Trinajstić information content (AvgIpc) is 3.43. The molecule has 5 heterocycles. The van der Waals surface area contributed by atoms with Gasteiger partial charge in [0.2, 0.25) is 22.8 Å². The van der Waals surface area contributed by atoms with Gasteiger partial charge in [-0.3, -0.25) is 19.2 Å². The van der Waals surface area contributed by atoms with E-state index in [9.17, 15) is 19.2 Å². The average molecular weight is 634 g/mol. The SMILES string of the molecule is COc1ccc(-c2oc3c(=O)cc(C)oc3c2CC(=O)N[C@@H](Cc2ccccc2)C(=O)N2C[C@H]3C[C@@H](C2)c2cccc(=O)n2C3)cc1. The number of aromatic nitrogens is 1. The van der Waals surface area contributed by atoms with E-state index < -0.39 is 11.9 Å². The number of ether oxygens (including phenoxy) is 1. The zero-order valence-corrected chi connectivity index (χ0v) is 26.2. The van der Waals surface area contributed by atoms with Crippen LogP contribution in [0.25, 0.3) is 22.5 Å². The molecule has 2 aromatic carbocycles. The van der Waals surface area contributed by atoms with Gasteiger partial charge in [-0.05, 0) is 55.2 Å². The lowest BCUT2D eigenvalue weighted by Gasteiger charge is -2.43. The highest BCUT2D eigenvalue weighted by Gasteiger charge is 2.38. The number of amides is 2. The van der Waals surface area contributed by atoms with Crippen LogP contribution in [-0.2, 0) is 29.0 Å². The summed E-state index contributed by atoms with van der Waals surface area (Å²) < 4.78 is 19.1. The summed E-state index contributed by atoms with van der Waals surface area (Å²) in [6.07, 6.45) is 1.04. The Labute approximate surface area is 270 Å². The minimum atomic E-state index is -0.835. The van der Waals surface area contributed by atoms with Crippen LogP contribution in [0.15, 0.2) is 97.3 Å². The van der Waals surface area contributed by atoms with Gasteiger partial charge in [-0.25, -0.2) is 0 Å². The number of benzene rings is 2. The Bertz CT molecular complexity index is 2080. The highest BCUT2D eigenvalue weighted by atomic mass is 16.5. The number of hydrogen-bond acceptors (Lipinski definition) is 7. The molecule has 7 rings (SSSR count). The summed E-state index contributed by atoms with van der Waals surface area (Å²) in [5.41, 5.74) is 2.80. The number of aryl methyl sites for hydroxylation is 1. The van der Waals surface area contributed by atoms with Crippen molar-refractivity contribution in [3.8, 4) is 17.1 Å².